The summed E-state index contributed by atoms with van der Waals surface area (Å²) in [5, 5.41) is 14.4. The molecule has 0 aromatic carbocycles. The number of aromatic carboxylic acids is 1. The first-order valence-electron chi connectivity index (χ1n) is 10.5. The van der Waals surface area contributed by atoms with Crippen molar-refractivity contribution in [1.82, 2.24) is 24.7 Å². The van der Waals surface area contributed by atoms with Gasteiger partial charge in [-0.1, -0.05) is 11.2 Å². The Bertz CT molecular complexity index is 1470. The van der Waals surface area contributed by atoms with Gasteiger partial charge in [0.2, 0.25) is 0 Å². The summed E-state index contributed by atoms with van der Waals surface area (Å²) >= 11 is 0. The third-order valence-electron chi connectivity index (χ3n) is 5.81. The highest BCUT2D eigenvalue weighted by Gasteiger charge is 2.21. The van der Waals surface area contributed by atoms with E-state index in [1.165, 1.54) is 12.3 Å². The molecule has 0 aliphatic rings. The van der Waals surface area contributed by atoms with E-state index in [1.54, 1.807) is 18.5 Å². The molecule has 0 radical (unpaired) electrons. The van der Waals surface area contributed by atoms with Crippen LogP contribution in [-0.2, 0) is 0 Å². The van der Waals surface area contributed by atoms with Crippen LogP contribution >= 0.6 is 0 Å². The van der Waals surface area contributed by atoms with Gasteiger partial charge < -0.3 is 14.2 Å². The van der Waals surface area contributed by atoms with Crippen LogP contribution in [0.4, 0.5) is 0 Å². The largest absolute Gasteiger partial charge is 0.478 e. The molecule has 0 saturated carbocycles. The number of fused-ring (bicyclic) bond motifs is 1. The van der Waals surface area contributed by atoms with E-state index < -0.39 is 5.97 Å². The SMILES string of the molecule is Cc1noc(C)c1-c1cnc2c(c1)c(-c1cc(C(=O)O)ccn1)cn2C(C)c1ccccn1. The van der Waals surface area contributed by atoms with Crippen LogP contribution in [0.15, 0.2) is 65.7 Å². The van der Waals surface area contributed by atoms with Gasteiger partial charge >= 0.3 is 5.97 Å². The topological polar surface area (TPSA) is 107 Å². The minimum absolute atomic E-state index is 0.0949. The molecule has 8 heteroatoms. The van der Waals surface area contributed by atoms with E-state index in [2.05, 4.69) is 22.0 Å². The molecular formula is C25H21N5O3. The van der Waals surface area contributed by atoms with Gasteiger partial charge in [0.25, 0.3) is 0 Å². The lowest BCUT2D eigenvalue weighted by Gasteiger charge is -2.14. The molecule has 1 unspecified atom stereocenters. The maximum absolute atomic E-state index is 11.6. The van der Waals surface area contributed by atoms with Gasteiger partial charge in [-0.2, -0.15) is 0 Å². The smallest absolute Gasteiger partial charge is 0.335 e. The lowest BCUT2D eigenvalue weighted by atomic mass is 10.0. The van der Waals surface area contributed by atoms with Crippen LogP contribution in [0.5, 0.6) is 0 Å². The van der Waals surface area contributed by atoms with Crippen LogP contribution in [0.2, 0.25) is 0 Å². The lowest BCUT2D eigenvalue weighted by Crippen LogP contribution is -2.07. The Kier molecular flexibility index (Phi) is 4.97. The first-order valence-corrected chi connectivity index (χ1v) is 10.5. The van der Waals surface area contributed by atoms with Crippen LogP contribution in [0.25, 0.3) is 33.4 Å². The second-order valence-electron chi connectivity index (χ2n) is 7.91. The van der Waals surface area contributed by atoms with Gasteiger partial charge in [0.05, 0.1) is 28.7 Å². The molecule has 1 N–H and O–H groups in total. The average molecular weight is 439 g/mol. The molecule has 5 heterocycles. The average Bonchev–Trinajstić information content (AvgIpc) is 3.38. The fraction of sp³-hybridized carbons (Fsp3) is 0.160. The Morgan fingerprint density at radius 3 is 2.64 bits per heavy atom. The van der Waals surface area contributed by atoms with Crippen molar-refractivity contribution in [3.63, 3.8) is 0 Å². The maximum Gasteiger partial charge on any atom is 0.335 e. The number of carbonyl (C=O) groups is 1. The molecule has 0 aliphatic carbocycles. The maximum atomic E-state index is 11.6. The van der Waals surface area contributed by atoms with E-state index in [0.717, 1.165) is 39.1 Å². The highest BCUT2D eigenvalue weighted by atomic mass is 16.5. The first-order chi connectivity index (χ1) is 15.9. The van der Waals surface area contributed by atoms with Crippen molar-refractivity contribution in [2.24, 2.45) is 0 Å². The quantitative estimate of drug-likeness (QED) is 0.407. The summed E-state index contributed by atoms with van der Waals surface area (Å²) < 4.78 is 7.39. The number of carboxylic acid groups (broad SMARTS) is 1. The number of hydrogen-bond donors (Lipinski definition) is 1. The highest BCUT2D eigenvalue weighted by molar-refractivity contribution is 5.97. The molecule has 5 aromatic heterocycles. The molecule has 1 atom stereocenters. The summed E-state index contributed by atoms with van der Waals surface area (Å²) in [6.07, 6.45) is 7.04. The van der Waals surface area contributed by atoms with Crippen molar-refractivity contribution in [3.8, 4) is 22.4 Å². The molecule has 0 saturated heterocycles. The van der Waals surface area contributed by atoms with E-state index in [4.69, 9.17) is 9.51 Å². The Morgan fingerprint density at radius 2 is 1.94 bits per heavy atom. The zero-order chi connectivity index (χ0) is 23.1. The third kappa shape index (κ3) is 3.55. The van der Waals surface area contributed by atoms with Crippen molar-refractivity contribution < 1.29 is 14.4 Å². The van der Waals surface area contributed by atoms with Gasteiger partial charge in [-0.25, -0.2) is 9.78 Å². The molecule has 164 valence electrons. The van der Waals surface area contributed by atoms with Crippen molar-refractivity contribution in [1.29, 1.82) is 0 Å². The first kappa shape index (κ1) is 20.6. The Balaban J connectivity index is 1.76. The Morgan fingerprint density at radius 1 is 1.09 bits per heavy atom. The predicted molar refractivity (Wildman–Crippen MR) is 123 cm³/mol. The Hall–Kier alpha value is -4.33. The van der Waals surface area contributed by atoms with Crippen molar-refractivity contribution in [3.05, 3.63) is 83.9 Å². The van der Waals surface area contributed by atoms with Crippen LogP contribution < -0.4 is 0 Å². The minimum Gasteiger partial charge on any atom is -0.478 e. The molecule has 8 nitrogen and oxygen atoms in total. The number of hydrogen-bond acceptors (Lipinski definition) is 6. The number of nitrogens with zero attached hydrogens (tertiary/aromatic N) is 5. The third-order valence-corrected chi connectivity index (χ3v) is 5.81. The molecular weight excluding hydrogens is 418 g/mol. The van der Waals surface area contributed by atoms with E-state index in [9.17, 15) is 9.90 Å². The lowest BCUT2D eigenvalue weighted by molar-refractivity contribution is 0.0697. The number of aromatic nitrogens is 5. The summed E-state index contributed by atoms with van der Waals surface area (Å²) in [5.74, 6) is -0.290. The second-order valence-corrected chi connectivity index (χ2v) is 7.91. The van der Waals surface area contributed by atoms with Crippen molar-refractivity contribution >= 4 is 17.0 Å². The molecule has 0 bridgehead atoms. The highest BCUT2D eigenvalue weighted by Crippen LogP contribution is 2.36. The fourth-order valence-electron chi connectivity index (χ4n) is 4.14. The second kappa shape index (κ2) is 7.98. The van der Waals surface area contributed by atoms with E-state index >= 15 is 0 Å². The predicted octanol–water partition coefficient (Wildman–Crippen LogP) is 5.07. The summed E-state index contributed by atoms with van der Waals surface area (Å²) in [6, 6.07) is 10.8. The summed E-state index contributed by atoms with van der Waals surface area (Å²) in [4.78, 5) is 25.3. The number of pyridine rings is 3. The van der Waals surface area contributed by atoms with Crippen LogP contribution in [0.1, 0.15) is 40.5 Å². The van der Waals surface area contributed by atoms with E-state index in [0.29, 0.717) is 11.5 Å². The van der Waals surface area contributed by atoms with Gasteiger partial charge in [-0.15, -0.1) is 0 Å². The summed E-state index contributed by atoms with van der Waals surface area (Å²) in [6.45, 7) is 5.81. The van der Waals surface area contributed by atoms with Crippen molar-refractivity contribution in [2.45, 2.75) is 26.8 Å². The molecule has 0 aliphatic heterocycles. The number of aryl methyl sites for hydroxylation is 2. The minimum atomic E-state index is -1.00. The van der Waals surface area contributed by atoms with Gasteiger partial charge in [0.1, 0.15) is 11.4 Å². The number of carboxylic acids is 1. The van der Waals surface area contributed by atoms with E-state index in [-0.39, 0.29) is 11.6 Å². The molecule has 5 rings (SSSR count). The normalized spacial score (nSPS) is 12.2. The van der Waals surface area contributed by atoms with Gasteiger partial charge in [0.15, 0.2) is 0 Å². The van der Waals surface area contributed by atoms with Gasteiger partial charge in [-0.05, 0) is 51.1 Å². The molecule has 33 heavy (non-hydrogen) atoms. The van der Waals surface area contributed by atoms with E-state index in [1.807, 2.05) is 48.9 Å². The molecule has 5 aromatic rings. The molecule has 0 fully saturated rings. The standard InChI is InChI=1S/C25H21N5O3/c1-14-23(16(3)33-29-14)18-10-19-20(22-11-17(25(31)32)7-9-27-22)13-30(24(19)28-12-18)15(2)21-6-4-5-8-26-21/h4-13,15H,1-3H3,(H,31,32). The number of rotatable bonds is 5. The van der Waals surface area contributed by atoms with Crippen LogP contribution in [0, 0.1) is 13.8 Å². The molecule has 0 spiro atoms. The van der Waals surface area contributed by atoms with Crippen LogP contribution in [-0.4, -0.2) is 35.8 Å². The Labute approximate surface area is 189 Å². The zero-order valence-corrected chi connectivity index (χ0v) is 18.4. The van der Waals surface area contributed by atoms with Gasteiger partial charge in [-0.3, -0.25) is 9.97 Å². The van der Waals surface area contributed by atoms with Gasteiger partial charge in [0, 0.05) is 46.9 Å². The summed E-state index contributed by atoms with van der Waals surface area (Å²) in [5.41, 5.74) is 5.72. The monoisotopic (exact) mass is 439 g/mol. The zero-order valence-electron chi connectivity index (χ0n) is 18.4. The molecule has 0 amide bonds. The summed E-state index contributed by atoms with van der Waals surface area (Å²) in [7, 11) is 0. The van der Waals surface area contributed by atoms with Crippen LogP contribution in [0.3, 0.4) is 0 Å². The van der Waals surface area contributed by atoms with Crippen molar-refractivity contribution in [2.75, 3.05) is 0 Å². The fourth-order valence-corrected chi connectivity index (χ4v) is 4.14.